The van der Waals surface area contributed by atoms with Crippen molar-refractivity contribution in [3.8, 4) is 0 Å². The predicted molar refractivity (Wildman–Crippen MR) is 71.9 cm³/mol. The first-order valence-electron chi connectivity index (χ1n) is 6.43. The summed E-state index contributed by atoms with van der Waals surface area (Å²) in [6.45, 7) is 2.53. The van der Waals surface area contributed by atoms with Crippen LogP contribution in [0.1, 0.15) is 37.2 Å². The van der Waals surface area contributed by atoms with Gasteiger partial charge in [0.2, 0.25) is 6.39 Å². The lowest BCUT2D eigenvalue weighted by Crippen LogP contribution is -2.21. The number of rotatable bonds is 7. The van der Waals surface area contributed by atoms with Crippen LogP contribution in [-0.4, -0.2) is 15.1 Å². The highest BCUT2D eigenvalue weighted by atomic mass is 16.6. The third kappa shape index (κ3) is 3.61. The number of hydrogen-bond donors (Lipinski definition) is 1. The lowest BCUT2D eigenvalue weighted by molar-refractivity contribution is -0.384. The second-order valence-electron chi connectivity index (χ2n) is 4.42. The lowest BCUT2D eigenvalue weighted by Gasteiger charge is -2.17. The van der Waals surface area contributed by atoms with Crippen LogP contribution in [0, 0.1) is 10.1 Å². The molecule has 0 aliphatic heterocycles. The Morgan fingerprint density at radius 3 is 3.00 bits per heavy atom. The van der Waals surface area contributed by atoms with Crippen LogP contribution >= 0.6 is 0 Å². The molecule has 0 bridgehead atoms. The summed E-state index contributed by atoms with van der Waals surface area (Å²) in [7, 11) is 0. The second-order valence-corrected chi connectivity index (χ2v) is 4.42. The Bertz CT molecular complexity index is 557. The van der Waals surface area contributed by atoms with E-state index in [1.807, 2.05) is 6.07 Å². The van der Waals surface area contributed by atoms with Crippen molar-refractivity contribution in [1.29, 1.82) is 0 Å². The Labute approximate surface area is 116 Å². The summed E-state index contributed by atoms with van der Waals surface area (Å²) in [5.74, 6) is 0.566. The quantitative estimate of drug-likeness (QED) is 0.617. The van der Waals surface area contributed by atoms with Gasteiger partial charge in [0.1, 0.15) is 0 Å². The molecule has 2 aromatic rings. The van der Waals surface area contributed by atoms with Gasteiger partial charge < -0.3 is 9.84 Å². The van der Waals surface area contributed by atoms with Crippen LogP contribution < -0.4 is 5.32 Å². The van der Waals surface area contributed by atoms with Gasteiger partial charge in [-0.05, 0) is 12.0 Å². The highest BCUT2D eigenvalue weighted by molar-refractivity contribution is 5.35. The molecule has 0 amide bonds. The zero-order valence-electron chi connectivity index (χ0n) is 11.2. The Morgan fingerprint density at radius 1 is 1.50 bits per heavy atom. The number of nitrogens with one attached hydrogen (secondary N) is 1. The minimum atomic E-state index is -0.383. The van der Waals surface area contributed by atoms with Gasteiger partial charge >= 0.3 is 0 Å². The number of non-ortho nitro benzene ring substituents is 1. The summed E-state index contributed by atoms with van der Waals surface area (Å²) in [5, 5.41) is 17.9. The molecule has 7 nitrogen and oxygen atoms in total. The van der Waals surface area contributed by atoms with Gasteiger partial charge in [-0.25, -0.2) is 0 Å². The Kier molecular flexibility index (Phi) is 4.78. The van der Waals surface area contributed by atoms with Crippen molar-refractivity contribution in [2.75, 3.05) is 0 Å². The topological polar surface area (TPSA) is 94.1 Å². The van der Waals surface area contributed by atoms with Crippen molar-refractivity contribution in [1.82, 2.24) is 15.5 Å². The highest BCUT2D eigenvalue weighted by Crippen LogP contribution is 2.23. The van der Waals surface area contributed by atoms with Gasteiger partial charge in [-0.1, -0.05) is 30.6 Å². The predicted octanol–water partition coefficient (Wildman–Crippen LogP) is 2.61. The number of nitrogens with zero attached hydrogens (tertiary/aromatic N) is 3. The molecule has 0 saturated carbocycles. The number of benzene rings is 1. The van der Waals surface area contributed by atoms with Crippen LogP contribution in [0.2, 0.25) is 0 Å². The van der Waals surface area contributed by atoms with Crippen LogP contribution in [0.25, 0.3) is 0 Å². The van der Waals surface area contributed by atoms with Crippen molar-refractivity contribution in [3.63, 3.8) is 0 Å². The van der Waals surface area contributed by atoms with Gasteiger partial charge in [0, 0.05) is 18.2 Å². The molecule has 1 atom stereocenters. The Morgan fingerprint density at radius 2 is 2.35 bits per heavy atom. The van der Waals surface area contributed by atoms with Crippen LogP contribution in [0.15, 0.2) is 35.2 Å². The van der Waals surface area contributed by atoms with Gasteiger partial charge in [0.05, 0.1) is 11.5 Å². The molecular weight excluding hydrogens is 260 g/mol. The standard InChI is InChI=1S/C13H16N4O3/c1-2-4-12(14-8-13-15-9-20-16-13)10-5-3-6-11(7-10)17(18)19/h3,5-7,9,12,14H,2,4,8H2,1H3. The van der Waals surface area contributed by atoms with Gasteiger partial charge in [-0.3, -0.25) is 10.1 Å². The Hall–Kier alpha value is -2.28. The lowest BCUT2D eigenvalue weighted by atomic mass is 10.0. The number of aromatic nitrogens is 2. The molecule has 1 N–H and O–H groups in total. The summed E-state index contributed by atoms with van der Waals surface area (Å²) in [5.41, 5.74) is 0.995. The van der Waals surface area contributed by atoms with Crippen molar-refractivity contribution >= 4 is 5.69 Å². The van der Waals surface area contributed by atoms with E-state index in [2.05, 4.69) is 26.9 Å². The highest BCUT2D eigenvalue weighted by Gasteiger charge is 2.14. The molecule has 0 radical (unpaired) electrons. The largest absolute Gasteiger partial charge is 0.343 e. The van der Waals surface area contributed by atoms with Gasteiger partial charge in [-0.2, -0.15) is 4.98 Å². The van der Waals surface area contributed by atoms with Gasteiger partial charge in [0.15, 0.2) is 5.82 Å². The van der Waals surface area contributed by atoms with E-state index in [0.717, 1.165) is 18.4 Å². The summed E-state index contributed by atoms with van der Waals surface area (Å²) in [6.07, 6.45) is 3.12. The smallest absolute Gasteiger partial charge is 0.269 e. The van der Waals surface area contributed by atoms with E-state index in [1.165, 1.54) is 12.5 Å². The average Bonchev–Trinajstić information content (AvgIpc) is 2.97. The van der Waals surface area contributed by atoms with E-state index in [0.29, 0.717) is 12.4 Å². The number of nitro benzene ring substituents is 1. The van der Waals surface area contributed by atoms with E-state index < -0.39 is 0 Å². The first-order chi connectivity index (χ1) is 9.70. The van der Waals surface area contributed by atoms with Gasteiger partial charge in [0.25, 0.3) is 5.69 Å². The Balaban J connectivity index is 2.10. The van der Waals surface area contributed by atoms with Crippen LogP contribution in [0.3, 0.4) is 0 Å². The fraction of sp³-hybridized carbons (Fsp3) is 0.385. The maximum absolute atomic E-state index is 10.8. The zero-order valence-corrected chi connectivity index (χ0v) is 11.2. The van der Waals surface area contributed by atoms with Crippen molar-refractivity contribution in [3.05, 3.63) is 52.2 Å². The van der Waals surface area contributed by atoms with Crippen molar-refractivity contribution in [2.45, 2.75) is 32.4 Å². The molecule has 1 unspecified atom stereocenters. The van der Waals surface area contributed by atoms with Crippen LogP contribution in [-0.2, 0) is 6.54 Å². The molecule has 1 heterocycles. The van der Waals surface area contributed by atoms with Crippen molar-refractivity contribution in [2.24, 2.45) is 0 Å². The molecule has 106 valence electrons. The summed E-state index contributed by atoms with van der Waals surface area (Å²) < 4.78 is 4.67. The molecule has 20 heavy (non-hydrogen) atoms. The summed E-state index contributed by atoms with van der Waals surface area (Å²) in [6, 6.07) is 6.70. The fourth-order valence-corrected chi connectivity index (χ4v) is 2.02. The van der Waals surface area contributed by atoms with Gasteiger partial charge in [-0.15, -0.1) is 0 Å². The average molecular weight is 276 g/mol. The molecule has 1 aromatic heterocycles. The molecule has 1 aromatic carbocycles. The first kappa shape index (κ1) is 14.1. The molecule has 2 rings (SSSR count). The molecule has 0 fully saturated rings. The van der Waals surface area contributed by atoms with E-state index in [4.69, 9.17) is 0 Å². The normalized spacial score (nSPS) is 12.2. The maximum atomic E-state index is 10.8. The molecule has 0 saturated heterocycles. The minimum Gasteiger partial charge on any atom is -0.343 e. The first-order valence-corrected chi connectivity index (χ1v) is 6.43. The van der Waals surface area contributed by atoms with Crippen LogP contribution in [0.5, 0.6) is 0 Å². The fourth-order valence-electron chi connectivity index (χ4n) is 2.02. The van der Waals surface area contributed by atoms with E-state index in [-0.39, 0.29) is 16.7 Å². The zero-order chi connectivity index (χ0) is 14.4. The SMILES string of the molecule is CCCC(NCc1ncon1)c1cccc([N+](=O)[O-])c1. The monoisotopic (exact) mass is 276 g/mol. The molecular formula is C13H16N4O3. The molecule has 7 heteroatoms. The molecule has 0 aliphatic rings. The van der Waals surface area contributed by atoms with Crippen molar-refractivity contribution < 1.29 is 9.45 Å². The van der Waals surface area contributed by atoms with E-state index in [1.54, 1.807) is 12.1 Å². The maximum Gasteiger partial charge on any atom is 0.269 e. The minimum absolute atomic E-state index is 0.0263. The molecule has 0 aliphatic carbocycles. The third-order valence-electron chi connectivity index (χ3n) is 2.97. The van der Waals surface area contributed by atoms with Crippen LogP contribution in [0.4, 0.5) is 5.69 Å². The number of nitro groups is 1. The molecule has 0 spiro atoms. The van der Waals surface area contributed by atoms with E-state index >= 15 is 0 Å². The second kappa shape index (κ2) is 6.76. The third-order valence-corrected chi connectivity index (χ3v) is 2.97. The van der Waals surface area contributed by atoms with E-state index in [9.17, 15) is 10.1 Å². The summed E-state index contributed by atoms with van der Waals surface area (Å²) >= 11 is 0. The number of hydrogen-bond acceptors (Lipinski definition) is 6. The summed E-state index contributed by atoms with van der Waals surface area (Å²) in [4.78, 5) is 14.4.